The second-order valence-corrected chi connectivity index (χ2v) is 3.06. The predicted octanol–water partition coefficient (Wildman–Crippen LogP) is 0.296. The third-order valence-electron chi connectivity index (χ3n) is 1.86. The SMILES string of the molecule is COc1cc(NCCCOCCO)ncn1. The minimum atomic E-state index is 0.0660. The van der Waals surface area contributed by atoms with Gasteiger partial charge in [-0.2, -0.15) is 0 Å². The Kier molecular flexibility index (Phi) is 6.20. The second-order valence-electron chi connectivity index (χ2n) is 3.06. The maximum Gasteiger partial charge on any atom is 0.218 e. The normalized spacial score (nSPS) is 10.1. The number of ether oxygens (including phenoxy) is 2. The fourth-order valence-electron chi connectivity index (χ4n) is 1.11. The van der Waals surface area contributed by atoms with Gasteiger partial charge in [-0.05, 0) is 6.42 Å². The fraction of sp³-hybridized carbons (Fsp3) is 0.600. The zero-order valence-electron chi connectivity index (χ0n) is 9.35. The molecule has 0 aliphatic heterocycles. The molecule has 0 unspecified atom stereocenters. The van der Waals surface area contributed by atoms with Crippen molar-refractivity contribution >= 4 is 5.82 Å². The van der Waals surface area contributed by atoms with Gasteiger partial charge in [0, 0.05) is 19.2 Å². The summed E-state index contributed by atoms with van der Waals surface area (Å²) in [4.78, 5) is 7.94. The van der Waals surface area contributed by atoms with Crippen LogP contribution in [-0.2, 0) is 4.74 Å². The highest BCUT2D eigenvalue weighted by molar-refractivity contribution is 5.36. The van der Waals surface area contributed by atoms with Crippen LogP contribution in [0.15, 0.2) is 12.4 Å². The van der Waals surface area contributed by atoms with Crippen LogP contribution in [0.3, 0.4) is 0 Å². The van der Waals surface area contributed by atoms with E-state index >= 15 is 0 Å². The lowest BCUT2D eigenvalue weighted by Gasteiger charge is -2.06. The van der Waals surface area contributed by atoms with Crippen LogP contribution in [0.1, 0.15) is 6.42 Å². The number of aromatic nitrogens is 2. The molecule has 0 spiro atoms. The van der Waals surface area contributed by atoms with Crippen molar-refractivity contribution in [1.29, 1.82) is 0 Å². The minimum Gasteiger partial charge on any atom is -0.481 e. The Hall–Kier alpha value is -1.40. The molecule has 0 amide bonds. The molecule has 16 heavy (non-hydrogen) atoms. The number of nitrogens with one attached hydrogen (secondary N) is 1. The quantitative estimate of drug-likeness (QED) is 0.622. The van der Waals surface area contributed by atoms with Gasteiger partial charge < -0.3 is 19.9 Å². The smallest absolute Gasteiger partial charge is 0.218 e. The Balaban J connectivity index is 2.16. The lowest BCUT2D eigenvalue weighted by Crippen LogP contribution is -2.08. The highest BCUT2D eigenvalue weighted by atomic mass is 16.5. The van der Waals surface area contributed by atoms with Crippen molar-refractivity contribution in [3.05, 3.63) is 12.4 Å². The van der Waals surface area contributed by atoms with Gasteiger partial charge in [0.15, 0.2) is 0 Å². The number of aliphatic hydroxyl groups excluding tert-OH is 1. The van der Waals surface area contributed by atoms with E-state index in [2.05, 4.69) is 15.3 Å². The first-order valence-electron chi connectivity index (χ1n) is 5.15. The monoisotopic (exact) mass is 227 g/mol. The van der Waals surface area contributed by atoms with Gasteiger partial charge >= 0.3 is 0 Å². The molecule has 1 aromatic rings. The van der Waals surface area contributed by atoms with E-state index in [9.17, 15) is 0 Å². The minimum absolute atomic E-state index is 0.0660. The van der Waals surface area contributed by atoms with Crippen molar-refractivity contribution in [1.82, 2.24) is 9.97 Å². The van der Waals surface area contributed by atoms with Crippen LogP contribution < -0.4 is 10.1 Å². The Morgan fingerprint density at radius 2 is 2.25 bits per heavy atom. The van der Waals surface area contributed by atoms with Crippen LogP contribution in [0, 0.1) is 0 Å². The number of methoxy groups -OCH3 is 1. The molecule has 0 aliphatic carbocycles. The van der Waals surface area contributed by atoms with Crippen molar-refractivity contribution in [2.24, 2.45) is 0 Å². The number of hydrogen-bond donors (Lipinski definition) is 2. The van der Waals surface area contributed by atoms with Crippen LogP contribution in [0.2, 0.25) is 0 Å². The van der Waals surface area contributed by atoms with Crippen LogP contribution in [-0.4, -0.2) is 48.5 Å². The number of hydrogen-bond acceptors (Lipinski definition) is 6. The highest BCUT2D eigenvalue weighted by Gasteiger charge is 1.97. The molecule has 1 heterocycles. The molecule has 0 aliphatic rings. The molecule has 1 rings (SSSR count). The number of nitrogens with zero attached hydrogens (tertiary/aromatic N) is 2. The van der Waals surface area contributed by atoms with Crippen molar-refractivity contribution in [3.8, 4) is 5.88 Å². The van der Waals surface area contributed by atoms with Crippen LogP contribution in [0.5, 0.6) is 5.88 Å². The molecule has 2 N–H and O–H groups in total. The summed E-state index contributed by atoms with van der Waals surface area (Å²) in [7, 11) is 1.56. The third kappa shape index (κ3) is 4.90. The van der Waals surface area contributed by atoms with E-state index in [4.69, 9.17) is 14.6 Å². The first kappa shape index (κ1) is 12.7. The molecule has 0 fully saturated rings. The van der Waals surface area contributed by atoms with Gasteiger partial charge in [0.05, 0.1) is 20.3 Å². The molecule has 0 radical (unpaired) electrons. The summed E-state index contributed by atoms with van der Waals surface area (Å²) in [5, 5.41) is 11.6. The Morgan fingerprint density at radius 3 is 3.00 bits per heavy atom. The average Bonchev–Trinajstić information content (AvgIpc) is 2.34. The molecule has 6 heteroatoms. The Morgan fingerprint density at radius 1 is 1.38 bits per heavy atom. The molecule has 0 saturated carbocycles. The predicted molar refractivity (Wildman–Crippen MR) is 59.6 cm³/mol. The lowest BCUT2D eigenvalue weighted by atomic mass is 10.4. The van der Waals surface area contributed by atoms with Crippen molar-refractivity contribution in [2.75, 3.05) is 38.8 Å². The Labute approximate surface area is 94.6 Å². The summed E-state index contributed by atoms with van der Waals surface area (Å²) in [6, 6.07) is 1.73. The zero-order chi connectivity index (χ0) is 11.6. The maximum atomic E-state index is 8.49. The Bertz CT molecular complexity index is 296. The molecular formula is C10H17N3O3. The van der Waals surface area contributed by atoms with Crippen molar-refractivity contribution in [3.63, 3.8) is 0 Å². The summed E-state index contributed by atoms with van der Waals surface area (Å²) in [5.74, 6) is 1.27. The largest absolute Gasteiger partial charge is 0.481 e. The van der Waals surface area contributed by atoms with E-state index in [0.29, 0.717) is 19.1 Å². The van der Waals surface area contributed by atoms with E-state index in [1.807, 2.05) is 0 Å². The van der Waals surface area contributed by atoms with Gasteiger partial charge in [-0.15, -0.1) is 0 Å². The summed E-state index contributed by atoms with van der Waals surface area (Å²) < 4.78 is 10.1. The van der Waals surface area contributed by atoms with Gasteiger partial charge in [-0.3, -0.25) is 0 Å². The van der Waals surface area contributed by atoms with Crippen molar-refractivity contribution < 1.29 is 14.6 Å². The first-order chi connectivity index (χ1) is 7.86. The molecule has 0 saturated heterocycles. The summed E-state index contributed by atoms with van der Waals surface area (Å²) in [5.41, 5.74) is 0. The van der Waals surface area contributed by atoms with Crippen LogP contribution in [0.25, 0.3) is 0 Å². The number of rotatable bonds is 8. The van der Waals surface area contributed by atoms with Gasteiger partial charge in [-0.25, -0.2) is 9.97 Å². The molecular weight excluding hydrogens is 210 g/mol. The standard InChI is InChI=1S/C10H17N3O3/c1-15-10-7-9(12-8-13-10)11-3-2-5-16-6-4-14/h7-8,14H,2-6H2,1H3,(H,11,12,13). The number of aliphatic hydroxyl groups is 1. The lowest BCUT2D eigenvalue weighted by molar-refractivity contribution is 0.0922. The van der Waals surface area contributed by atoms with Crippen LogP contribution in [0.4, 0.5) is 5.82 Å². The molecule has 0 atom stereocenters. The van der Waals surface area contributed by atoms with Gasteiger partial charge in [0.25, 0.3) is 0 Å². The molecule has 0 bridgehead atoms. The number of anilines is 1. The molecule has 6 nitrogen and oxygen atoms in total. The van der Waals surface area contributed by atoms with Gasteiger partial charge in [-0.1, -0.05) is 0 Å². The second kappa shape index (κ2) is 7.84. The molecule has 1 aromatic heterocycles. The fourth-order valence-corrected chi connectivity index (χ4v) is 1.11. The maximum absolute atomic E-state index is 8.49. The van der Waals surface area contributed by atoms with E-state index < -0.39 is 0 Å². The van der Waals surface area contributed by atoms with E-state index in [1.165, 1.54) is 6.33 Å². The van der Waals surface area contributed by atoms with Crippen molar-refractivity contribution in [2.45, 2.75) is 6.42 Å². The first-order valence-corrected chi connectivity index (χ1v) is 5.15. The van der Waals surface area contributed by atoms with E-state index in [0.717, 1.165) is 18.8 Å². The van der Waals surface area contributed by atoms with E-state index in [-0.39, 0.29) is 6.61 Å². The molecule has 0 aromatic carbocycles. The average molecular weight is 227 g/mol. The molecule has 90 valence electrons. The summed E-state index contributed by atoms with van der Waals surface area (Å²) in [6.07, 6.45) is 2.30. The van der Waals surface area contributed by atoms with E-state index in [1.54, 1.807) is 13.2 Å². The van der Waals surface area contributed by atoms with Gasteiger partial charge in [0.2, 0.25) is 5.88 Å². The highest BCUT2D eigenvalue weighted by Crippen LogP contribution is 2.09. The summed E-state index contributed by atoms with van der Waals surface area (Å²) in [6.45, 7) is 1.83. The zero-order valence-corrected chi connectivity index (χ0v) is 9.35. The van der Waals surface area contributed by atoms with Crippen LogP contribution >= 0.6 is 0 Å². The summed E-state index contributed by atoms with van der Waals surface area (Å²) >= 11 is 0. The van der Waals surface area contributed by atoms with Gasteiger partial charge in [0.1, 0.15) is 12.1 Å². The third-order valence-corrected chi connectivity index (χ3v) is 1.86. The topological polar surface area (TPSA) is 76.5 Å².